The summed E-state index contributed by atoms with van der Waals surface area (Å²) in [6, 6.07) is 4.66. The molecule has 0 aromatic heterocycles. The Kier molecular flexibility index (Phi) is 3.91. The lowest BCUT2D eigenvalue weighted by atomic mass is 9.98. The van der Waals surface area contributed by atoms with Crippen molar-refractivity contribution in [1.29, 1.82) is 0 Å². The second kappa shape index (κ2) is 5.30. The summed E-state index contributed by atoms with van der Waals surface area (Å²) in [5.41, 5.74) is 5.77. The molecule has 0 heterocycles. The van der Waals surface area contributed by atoms with Gasteiger partial charge in [-0.2, -0.15) is 0 Å². The molecule has 102 valence electrons. The second-order valence-corrected chi connectivity index (χ2v) is 5.67. The fraction of sp³-hybridized carbons (Fsp3) is 0.385. The molecular formula is C13H15BrN2O3. The summed E-state index contributed by atoms with van der Waals surface area (Å²) in [5, 5.41) is 11.7. The van der Waals surface area contributed by atoms with Gasteiger partial charge in [0.2, 0.25) is 5.91 Å². The normalized spacial score (nSPS) is 17.2. The van der Waals surface area contributed by atoms with Crippen molar-refractivity contribution in [2.24, 2.45) is 5.73 Å². The highest BCUT2D eigenvalue weighted by molar-refractivity contribution is 9.10. The van der Waals surface area contributed by atoms with Crippen molar-refractivity contribution in [3.05, 3.63) is 28.2 Å². The Bertz CT molecular complexity index is 525. The number of carbonyl (C=O) groups is 2. The van der Waals surface area contributed by atoms with Gasteiger partial charge in [0.1, 0.15) is 0 Å². The zero-order valence-electron chi connectivity index (χ0n) is 10.3. The third-order valence-corrected chi connectivity index (χ3v) is 4.09. The van der Waals surface area contributed by atoms with Crippen LogP contribution in [0.4, 0.5) is 5.69 Å². The molecule has 0 aliphatic heterocycles. The Labute approximate surface area is 119 Å². The summed E-state index contributed by atoms with van der Waals surface area (Å²) in [5.74, 6) is -1.30. The van der Waals surface area contributed by atoms with Crippen LogP contribution in [0, 0.1) is 0 Å². The first-order valence-electron chi connectivity index (χ1n) is 6.05. The van der Waals surface area contributed by atoms with Crippen molar-refractivity contribution in [1.82, 2.24) is 0 Å². The molecule has 1 fully saturated rings. The van der Waals surface area contributed by atoms with E-state index < -0.39 is 11.5 Å². The van der Waals surface area contributed by atoms with Crippen LogP contribution < -0.4 is 11.1 Å². The van der Waals surface area contributed by atoms with Gasteiger partial charge in [0.15, 0.2) is 0 Å². The van der Waals surface area contributed by atoms with Gasteiger partial charge in [-0.15, -0.1) is 0 Å². The van der Waals surface area contributed by atoms with Crippen molar-refractivity contribution in [3.8, 4) is 0 Å². The van der Waals surface area contributed by atoms with Crippen LogP contribution in [0.3, 0.4) is 0 Å². The summed E-state index contributed by atoms with van der Waals surface area (Å²) in [7, 11) is 0. The highest BCUT2D eigenvalue weighted by atomic mass is 79.9. The summed E-state index contributed by atoms with van der Waals surface area (Å²) in [4.78, 5) is 23.1. The molecule has 0 bridgehead atoms. The number of carboxylic acid groups (broad SMARTS) is 1. The largest absolute Gasteiger partial charge is 0.478 e. The van der Waals surface area contributed by atoms with Crippen molar-refractivity contribution in [3.63, 3.8) is 0 Å². The van der Waals surface area contributed by atoms with Crippen LogP contribution in [0.2, 0.25) is 0 Å². The molecule has 0 spiro atoms. The Hall–Kier alpha value is -1.40. The number of carbonyl (C=O) groups excluding carboxylic acids is 1. The minimum atomic E-state index is -1.05. The Morgan fingerprint density at radius 2 is 1.95 bits per heavy atom. The summed E-state index contributed by atoms with van der Waals surface area (Å²) < 4.78 is 0.473. The average Bonchev–Trinajstić information content (AvgIpc) is 2.79. The smallest absolute Gasteiger partial charge is 0.336 e. The fourth-order valence-corrected chi connectivity index (χ4v) is 2.67. The number of carboxylic acids is 1. The monoisotopic (exact) mass is 326 g/mol. The maximum Gasteiger partial charge on any atom is 0.336 e. The molecule has 1 saturated carbocycles. The van der Waals surface area contributed by atoms with Gasteiger partial charge in [-0.05, 0) is 47.0 Å². The quantitative estimate of drug-likeness (QED) is 0.794. The minimum absolute atomic E-state index is 0.107. The number of aromatic carboxylic acids is 1. The highest BCUT2D eigenvalue weighted by Gasteiger charge is 2.37. The first-order chi connectivity index (χ1) is 8.92. The van der Waals surface area contributed by atoms with Crippen LogP contribution in [0.25, 0.3) is 0 Å². The van der Waals surface area contributed by atoms with Crippen molar-refractivity contribution in [2.75, 3.05) is 5.32 Å². The summed E-state index contributed by atoms with van der Waals surface area (Å²) in [6.07, 6.45) is 3.23. The number of rotatable bonds is 3. The van der Waals surface area contributed by atoms with Gasteiger partial charge in [0.05, 0.1) is 11.1 Å². The van der Waals surface area contributed by atoms with Crippen molar-refractivity contribution in [2.45, 2.75) is 31.2 Å². The van der Waals surface area contributed by atoms with E-state index in [1.54, 1.807) is 12.1 Å². The summed E-state index contributed by atoms with van der Waals surface area (Å²) >= 11 is 3.16. The van der Waals surface area contributed by atoms with E-state index in [-0.39, 0.29) is 11.5 Å². The Morgan fingerprint density at radius 3 is 2.53 bits per heavy atom. The lowest BCUT2D eigenvalue weighted by Gasteiger charge is -2.22. The molecule has 6 heteroatoms. The van der Waals surface area contributed by atoms with E-state index in [2.05, 4.69) is 21.2 Å². The van der Waals surface area contributed by atoms with Gasteiger partial charge in [-0.3, -0.25) is 4.79 Å². The maximum absolute atomic E-state index is 12.1. The molecule has 0 saturated heterocycles. The van der Waals surface area contributed by atoms with Crippen LogP contribution >= 0.6 is 15.9 Å². The van der Waals surface area contributed by atoms with E-state index in [1.807, 2.05) is 0 Å². The number of nitrogens with two attached hydrogens (primary N) is 1. The van der Waals surface area contributed by atoms with Crippen LogP contribution in [-0.2, 0) is 4.79 Å². The molecule has 1 aliphatic rings. The number of anilines is 1. The fourth-order valence-electron chi connectivity index (χ4n) is 2.26. The number of hydrogen-bond acceptors (Lipinski definition) is 3. The minimum Gasteiger partial charge on any atom is -0.478 e. The molecule has 1 aromatic rings. The van der Waals surface area contributed by atoms with E-state index >= 15 is 0 Å². The van der Waals surface area contributed by atoms with Gasteiger partial charge >= 0.3 is 5.97 Å². The lowest BCUT2D eigenvalue weighted by Crippen LogP contribution is -2.48. The van der Waals surface area contributed by atoms with Gasteiger partial charge in [0, 0.05) is 10.2 Å². The van der Waals surface area contributed by atoms with Gasteiger partial charge < -0.3 is 16.2 Å². The molecule has 5 nitrogen and oxygen atoms in total. The van der Waals surface area contributed by atoms with Crippen LogP contribution in [-0.4, -0.2) is 22.5 Å². The third kappa shape index (κ3) is 2.96. The molecule has 2 rings (SSSR count). The number of nitrogens with one attached hydrogen (secondary N) is 1. The molecule has 1 amide bonds. The molecule has 4 N–H and O–H groups in total. The number of hydrogen-bond donors (Lipinski definition) is 3. The Morgan fingerprint density at radius 1 is 1.32 bits per heavy atom. The lowest BCUT2D eigenvalue weighted by molar-refractivity contribution is -0.121. The first-order valence-corrected chi connectivity index (χ1v) is 6.85. The second-order valence-electron chi connectivity index (χ2n) is 4.82. The maximum atomic E-state index is 12.1. The predicted octanol–water partition coefficient (Wildman–Crippen LogP) is 2.36. The third-order valence-electron chi connectivity index (χ3n) is 3.40. The Balaban J connectivity index is 2.17. The molecular weight excluding hydrogens is 312 g/mol. The standard InChI is InChI=1S/C13H15BrN2O3/c14-10-4-3-8(7-9(10)11(17)18)16-12(19)13(15)5-1-2-6-13/h3-4,7H,1-2,5-6,15H2,(H,16,19)(H,17,18). The number of amides is 1. The SMILES string of the molecule is NC1(C(=O)Nc2ccc(Br)c(C(=O)O)c2)CCCC1. The van der Waals surface area contributed by atoms with Gasteiger partial charge in [-0.1, -0.05) is 12.8 Å². The molecule has 0 atom stereocenters. The van der Waals surface area contributed by atoms with Crippen LogP contribution in [0.5, 0.6) is 0 Å². The van der Waals surface area contributed by atoms with Gasteiger partial charge in [-0.25, -0.2) is 4.79 Å². The van der Waals surface area contributed by atoms with Crippen LogP contribution in [0.1, 0.15) is 36.0 Å². The zero-order chi connectivity index (χ0) is 14.0. The van der Waals surface area contributed by atoms with Gasteiger partial charge in [0.25, 0.3) is 0 Å². The van der Waals surface area contributed by atoms with E-state index in [1.165, 1.54) is 6.07 Å². The topological polar surface area (TPSA) is 92.4 Å². The van der Waals surface area contributed by atoms with E-state index in [9.17, 15) is 9.59 Å². The average molecular weight is 327 g/mol. The van der Waals surface area contributed by atoms with Crippen LogP contribution in [0.15, 0.2) is 22.7 Å². The molecule has 1 aromatic carbocycles. The van der Waals surface area contributed by atoms with E-state index in [4.69, 9.17) is 10.8 Å². The first kappa shape index (κ1) is 14.0. The predicted molar refractivity (Wildman–Crippen MR) is 75.1 cm³/mol. The molecule has 0 radical (unpaired) electrons. The van der Waals surface area contributed by atoms with Crippen molar-refractivity contribution < 1.29 is 14.7 Å². The van der Waals surface area contributed by atoms with Crippen molar-refractivity contribution >= 4 is 33.5 Å². The van der Waals surface area contributed by atoms with E-state index in [0.717, 1.165) is 12.8 Å². The van der Waals surface area contributed by atoms with E-state index in [0.29, 0.717) is 23.0 Å². The molecule has 0 unspecified atom stereocenters. The molecule has 1 aliphatic carbocycles. The summed E-state index contributed by atoms with van der Waals surface area (Å²) in [6.45, 7) is 0. The highest BCUT2D eigenvalue weighted by Crippen LogP contribution is 2.29. The molecule has 19 heavy (non-hydrogen) atoms. The number of halogens is 1. The zero-order valence-corrected chi connectivity index (χ0v) is 11.9. The number of benzene rings is 1.